The van der Waals surface area contributed by atoms with Crippen LogP contribution in [-0.4, -0.2) is 48.4 Å². The van der Waals surface area contributed by atoms with Gasteiger partial charge in [0.15, 0.2) is 0 Å². The molecule has 0 atom stereocenters. The number of nitrogens with zero attached hydrogens (tertiary/aromatic N) is 4. The van der Waals surface area contributed by atoms with Crippen LogP contribution in [0.1, 0.15) is 26.2 Å². The third-order valence-electron chi connectivity index (χ3n) is 3.27. The molecule has 7 nitrogen and oxygen atoms in total. The fourth-order valence-electron chi connectivity index (χ4n) is 2.19. The number of ether oxygens (including phenoxy) is 2. The van der Waals surface area contributed by atoms with Gasteiger partial charge in [0.1, 0.15) is 0 Å². The van der Waals surface area contributed by atoms with E-state index in [1.54, 1.807) is 0 Å². The Morgan fingerprint density at radius 1 is 1.30 bits per heavy atom. The molecule has 0 amide bonds. The third kappa shape index (κ3) is 4.19. The summed E-state index contributed by atoms with van der Waals surface area (Å²) in [6, 6.07) is 0.299. The van der Waals surface area contributed by atoms with E-state index in [9.17, 15) is 0 Å². The zero-order valence-electron chi connectivity index (χ0n) is 12.2. The van der Waals surface area contributed by atoms with Crippen LogP contribution in [0.5, 0.6) is 6.01 Å². The lowest BCUT2D eigenvalue weighted by molar-refractivity contribution is 0.0684. The first kappa shape index (κ1) is 14.8. The van der Waals surface area contributed by atoms with Gasteiger partial charge in [-0.15, -0.1) is 0 Å². The minimum Gasteiger partial charge on any atom is -0.463 e. The van der Waals surface area contributed by atoms with E-state index in [1.807, 2.05) is 18.9 Å². The molecule has 1 saturated heterocycles. The van der Waals surface area contributed by atoms with Crippen molar-refractivity contribution in [3.8, 4) is 6.01 Å². The molecule has 20 heavy (non-hydrogen) atoms. The van der Waals surface area contributed by atoms with E-state index < -0.39 is 0 Å². The van der Waals surface area contributed by atoms with Gasteiger partial charge in [-0.3, -0.25) is 0 Å². The zero-order valence-corrected chi connectivity index (χ0v) is 12.2. The molecule has 1 aromatic heterocycles. The highest BCUT2D eigenvalue weighted by molar-refractivity contribution is 5.35. The van der Waals surface area contributed by atoms with Crippen molar-refractivity contribution < 1.29 is 9.47 Å². The number of hydrogen-bond donors (Lipinski definition) is 1. The second kappa shape index (κ2) is 7.23. The van der Waals surface area contributed by atoms with Gasteiger partial charge in [0.25, 0.3) is 0 Å². The molecule has 1 aliphatic rings. The molecule has 0 unspecified atom stereocenters. The molecule has 112 valence electrons. The summed E-state index contributed by atoms with van der Waals surface area (Å²) in [6.45, 7) is 5.17. The largest absolute Gasteiger partial charge is 0.463 e. The van der Waals surface area contributed by atoms with Crippen LogP contribution in [0.15, 0.2) is 0 Å². The van der Waals surface area contributed by atoms with Crippen molar-refractivity contribution in [2.45, 2.75) is 26.2 Å². The molecule has 2 heterocycles. The summed E-state index contributed by atoms with van der Waals surface area (Å²) in [5.41, 5.74) is 5.71. The summed E-state index contributed by atoms with van der Waals surface area (Å²) in [4.78, 5) is 14.5. The van der Waals surface area contributed by atoms with Crippen molar-refractivity contribution in [2.24, 2.45) is 5.92 Å². The van der Waals surface area contributed by atoms with Crippen LogP contribution in [0.4, 0.5) is 11.9 Å². The molecule has 2 N–H and O–H groups in total. The lowest BCUT2D eigenvalue weighted by atomic mass is 10.0. The molecular weight excluding hydrogens is 258 g/mol. The number of anilines is 2. The molecule has 1 aliphatic heterocycles. The minimum absolute atomic E-state index is 0.194. The summed E-state index contributed by atoms with van der Waals surface area (Å²) in [7, 11) is 1.97. The Hall–Kier alpha value is -1.63. The predicted octanol–water partition coefficient (Wildman–Crippen LogP) is 1.11. The van der Waals surface area contributed by atoms with Gasteiger partial charge in [-0.25, -0.2) is 0 Å². The standard InChI is InChI=1S/C13H23N5O2/c1-3-6-20-13-16-11(14)15-12(17-13)18(2)9-10-4-7-19-8-5-10/h10H,3-9H2,1-2H3,(H2,14,15,16,17). The van der Waals surface area contributed by atoms with Crippen LogP contribution in [0.2, 0.25) is 0 Å². The van der Waals surface area contributed by atoms with Crippen LogP contribution in [0.25, 0.3) is 0 Å². The van der Waals surface area contributed by atoms with Gasteiger partial charge in [0.05, 0.1) is 6.61 Å². The van der Waals surface area contributed by atoms with Gasteiger partial charge in [-0.1, -0.05) is 6.92 Å². The molecular formula is C13H23N5O2. The van der Waals surface area contributed by atoms with E-state index in [1.165, 1.54) is 0 Å². The van der Waals surface area contributed by atoms with Crippen molar-refractivity contribution in [1.29, 1.82) is 0 Å². The molecule has 2 rings (SSSR count). The van der Waals surface area contributed by atoms with Gasteiger partial charge >= 0.3 is 6.01 Å². The second-order valence-corrected chi connectivity index (χ2v) is 5.06. The van der Waals surface area contributed by atoms with E-state index in [4.69, 9.17) is 15.2 Å². The van der Waals surface area contributed by atoms with Crippen LogP contribution in [0, 0.1) is 5.92 Å². The van der Waals surface area contributed by atoms with E-state index in [2.05, 4.69) is 15.0 Å². The Bertz CT molecular complexity index is 423. The Morgan fingerprint density at radius 3 is 2.75 bits per heavy atom. The predicted molar refractivity (Wildman–Crippen MR) is 76.8 cm³/mol. The summed E-state index contributed by atoms with van der Waals surface area (Å²) in [6.07, 6.45) is 3.05. The highest BCUT2D eigenvalue weighted by atomic mass is 16.5. The lowest BCUT2D eigenvalue weighted by Crippen LogP contribution is -2.31. The number of hydrogen-bond acceptors (Lipinski definition) is 7. The van der Waals surface area contributed by atoms with E-state index in [-0.39, 0.29) is 5.95 Å². The lowest BCUT2D eigenvalue weighted by Gasteiger charge is -2.27. The first-order chi connectivity index (χ1) is 9.69. The highest BCUT2D eigenvalue weighted by Gasteiger charge is 2.18. The number of rotatable bonds is 6. The quantitative estimate of drug-likeness (QED) is 0.835. The monoisotopic (exact) mass is 281 g/mol. The summed E-state index contributed by atoms with van der Waals surface area (Å²) >= 11 is 0. The molecule has 1 fully saturated rings. The highest BCUT2D eigenvalue weighted by Crippen LogP contribution is 2.19. The second-order valence-electron chi connectivity index (χ2n) is 5.06. The average molecular weight is 281 g/mol. The van der Waals surface area contributed by atoms with Crippen molar-refractivity contribution in [3.05, 3.63) is 0 Å². The number of nitrogen functional groups attached to an aromatic ring is 1. The Balaban J connectivity index is 2.00. The molecule has 0 aromatic carbocycles. The van der Waals surface area contributed by atoms with Gasteiger partial charge in [-0.05, 0) is 25.2 Å². The maximum Gasteiger partial charge on any atom is 0.323 e. The van der Waals surface area contributed by atoms with Crippen LogP contribution in [-0.2, 0) is 4.74 Å². The maximum absolute atomic E-state index is 5.71. The molecule has 0 saturated carbocycles. The minimum atomic E-state index is 0.194. The summed E-state index contributed by atoms with van der Waals surface area (Å²) in [5.74, 6) is 1.36. The number of aromatic nitrogens is 3. The SMILES string of the molecule is CCCOc1nc(N)nc(N(C)CC2CCOCC2)n1. The van der Waals surface area contributed by atoms with Gasteiger partial charge in [0.2, 0.25) is 11.9 Å². The molecule has 1 aromatic rings. The van der Waals surface area contributed by atoms with Crippen molar-refractivity contribution >= 4 is 11.9 Å². The number of nitrogens with two attached hydrogens (primary N) is 1. The van der Waals surface area contributed by atoms with Crippen LogP contribution < -0.4 is 15.4 Å². The van der Waals surface area contributed by atoms with Crippen molar-refractivity contribution in [2.75, 3.05) is 44.0 Å². The fraction of sp³-hybridized carbons (Fsp3) is 0.769. The summed E-state index contributed by atoms with van der Waals surface area (Å²) in [5, 5.41) is 0. The topological polar surface area (TPSA) is 86.4 Å². The first-order valence-electron chi connectivity index (χ1n) is 7.12. The Labute approximate surface area is 119 Å². The molecule has 0 spiro atoms. The van der Waals surface area contributed by atoms with Gasteiger partial charge in [-0.2, -0.15) is 15.0 Å². The average Bonchev–Trinajstić information content (AvgIpc) is 2.45. The Kier molecular flexibility index (Phi) is 5.34. The van der Waals surface area contributed by atoms with Crippen molar-refractivity contribution in [1.82, 2.24) is 15.0 Å². The van der Waals surface area contributed by atoms with E-state index in [0.29, 0.717) is 24.5 Å². The van der Waals surface area contributed by atoms with E-state index >= 15 is 0 Å². The fourth-order valence-corrected chi connectivity index (χ4v) is 2.19. The third-order valence-corrected chi connectivity index (χ3v) is 3.27. The Morgan fingerprint density at radius 2 is 2.05 bits per heavy atom. The van der Waals surface area contributed by atoms with Gasteiger partial charge in [0, 0.05) is 26.8 Å². The molecule has 0 bridgehead atoms. The molecule has 0 radical (unpaired) electrons. The van der Waals surface area contributed by atoms with Crippen LogP contribution >= 0.6 is 0 Å². The normalized spacial score (nSPS) is 16.1. The molecule has 0 aliphatic carbocycles. The van der Waals surface area contributed by atoms with E-state index in [0.717, 1.165) is 39.0 Å². The smallest absolute Gasteiger partial charge is 0.323 e. The molecule has 7 heteroatoms. The maximum atomic E-state index is 5.71. The summed E-state index contributed by atoms with van der Waals surface area (Å²) < 4.78 is 10.8. The van der Waals surface area contributed by atoms with Gasteiger partial charge < -0.3 is 20.1 Å². The first-order valence-corrected chi connectivity index (χ1v) is 7.12. The van der Waals surface area contributed by atoms with Crippen LogP contribution in [0.3, 0.4) is 0 Å². The zero-order chi connectivity index (χ0) is 14.4. The van der Waals surface area contributed by atoms with Crippen molar-refractivity contribution in [3.63, 3.8) is 0 Å².